The van der Waals surface area contributed by atoms with Crippen molar-refractivity contribution in [3.8, 4) is 0 Å². The van der Waals surface area contributed by atoms with Crippen LogP contribution in [0.2, 0.25) is 0 Å². The highest BCUT2D eigenvalue weighted by atomic mass is 31.2. The summed E-state index contributed by atoms with van der Waals surface area (Å²) in [6.45, 7) is 4.14. The van der Waals surface area contributed by atoms with Gasteiger partial charge in [-0.3, -0.25) is 13.8 Å². The van der Waals surface area contributed by atoms with E-state index in [1.165, 1.54) is 96.3 Å². The topological polar surface area (TPSA) is 192 Å². The molecule has 13 heteroatoms. The summed E-state index contributed by atoms with van der Waals surface area (Å²) in [5, 5.41) is 50.4. The number of phosphoric ester groups is 1. The van der Waals surface area contributed by atoms with E-state index in [0.717, 1.165) is 96.3 Å². The van der Waals surface area contributed by atoms with E-state index in [1.807, 2.05) is 0 Å². The molecule has 0 spiro atoms. The predicted molar refractivity (Wildman–Crippen MR) is 276 cm³/mol. The van der Waals surface area contributed by atoms with Gasteiger partial charge in [0.2, 0.25) is 0 Å². The van der Waals surface area contributed by atoms with Gasteiger partial charge in [0, 0.05) is 13.0 Å². The van der Waals surface area contributed by atoms with E-state index >= 15 is 0 Å². The molecular weight excluding hydrogens is 884 g/mol. The molecule has 396 valence electrons. The largest absolute Gasteiger partial charge is 0.472 e. The summed E-state index contributed by atoms with van der Waals surface area (Å²) in [6.07, 6.45) is 45.7. The maximum absolute atomic E-state index is 12.9. The Kier molecular flexibility index (Phi) is 42.3. The van der Waals surface area contributed by atoms with E-state index in [0.29, 0.717) is 13.0 Å². The average molecular weight is 983 g/mol. The molecule has 1 rings (SSSR count). The molecule has 0 saturated heterocycles. The number of hydrogen-bond donors (Lipinski definition) is 6. The summed E-state index contributed by atoms with van der Waals surface area (Å²) in [5.41, 5.74) is 0. The smallest absolute Gasteiger partial charge is 0.457 e. The number of ether oxygens (including phenoxy) is 2. The molecule has 12 nitrogen and oxygen atoms in total. The lowest BCUT2D eigenvalue weighted by Crippen LogP contribution is -2.64. The first-order valence-electron chi connectivity index (χ1n) is 27.1. The number of rotatable bonds is 46. The van der Waals surface area contributed by atoms with E-state index in [-0.39, 0.29) is 13.0 Å². The van der Waals surface area contributed by atoms with Gasteiger partial charge in [-0.25, -0.2) is 4.57 Å². The molecule has 0 heterocycles. The van der Waals surface area contributed by atoms with Crippen LogP contribution in [0.3, 0.4) is 0 Å². The fourth-order valence-electron chi connectivity index (χ4n) is 8.15. The van der Waals surface area contributed by atoms with Crippen LogP contribution in [0.5, 0.6) is 0 Å². The van der Waals surface area contributed by atoms with Gasteiger partial charge in [0.25, 0.3) is 0 Å². The highest BCUT2D eigenvalue weighted by molar-refractivity contribution is 7.47. The summed E-state index contributed by atoms with van der Waals surface area (Å²) in [4.78, 5) is 23.3. The van der Waals surface area contributed by atoms with Gasteiger partial charge in [0.15, 0.2) is 0 Å². The van der Waals surface area contributed by atoms with Crippen molar-refractivity contribution in [1.29, 1.82) is 0 Å². The van der Waals surface area contributed by atoms with E-state index < -0.39 is 63.1 Å². The summed E-state index contributed by atoms with van der Waals surface area (Å²) in [7, 11) is -5.03. The quantitative estimate of drug-likeness (QED) is 0.0147. The number of allylic oxidation sites excluding steroid dienone is 10. The fraction of sp³-hybridized carbons (Fsp3) is 0.800. The minimum atomic E-state index is -5.03. The molecule has 0 radical (unpaired) electrons. The summed E-state index contributed by atoms with van der Waals surface area (Å²) in [5.74, 6) is -0.481. The van der Waals surface area contributed by atoms with Crippen molar-refractivity contribution in [2.24, 2.45) is 0 Å². The van der Waals surface area contributed by atoms with Crippen molar-refractivity contribution in [2.75, 3.05) is 19.8 Å². The Morgan fingerprint density at radius 3 is 1.32 bits per heavy atom. The first-order valence-corrected chi connectivity index (χ1v) is 28.6. The van der Waals surface area contributed by atoms with Gasteiger partial charge in [0.05, 0.1) is 13.2 Å². The average Bonchev–Trinajstić information content (AvgIpc) is 3.32. The van der Waals surface area contributed by atoms with E-state index in [9.17, 15) is 39.8 Å². The first kappa shape index (κ1) is 64.1. The highest BCUT2D eigenvalue weighted by Crippen LogP contribution is 2.47. The van der Waals surface area contributed by atoms with Crippen molar-refractivity contribution >= 4 is 13.8 Å². The monoisotopic (exact) mass is 983 g/mol. The molecule has 0 aromatic carbocycles. The number of carbonyl (C=O) groups is 1. The maximum atomic E-state index is 12.9. The fourth-order valence-corrected chi connectivity index (χ4v) is 9.12. The van der Waals surface area contributed by atoms with Crippen LogP contribution in [0.15, 0.2) is 60.8 Å². The Labute approximate surface area is 413 Å². The van der Waals surface area contributed by atoms with Crippen molar-refractivity contribution in [1.82, 2.24) is 0 Å². The zero-order chi connectivity index (χ0) is 49.8. The zero-order valence-corrected chi connectivity index (χ0v) is 43.5. The number of phosphoric acid groups is 1. The van der Waals surface area contributed by atoms with Crippen LogP contribution < -0.4 is 0 Å². The first-order chi connectivity index (χ1) is 33.0. The Morgan fingerprint density at radius 2 is 0.868 bits per heavy atom. The lowest BCUT2D eigenvalue weighted by molar-refractivity contribution is -0.220. The number of unbranched alkanes of at least 4 members (excludes halogenated alkanes) is 24. The van der Waals surface area contributed by atoms with Crippen LogP contribution in [0.4, 0.5) is 0 Å². The van der Waals surface area contributed by atoms with Gasteiger partial charge in [-0.15, -0.1) is 0 Å². The molecule has 1 saturated carbocycles. The molecule has 0 bridgehead atoms. The Hall–Kier alpha value is -1.96. The third-order valence-electron chi connectivity index (χ3n) is 12.4. The van der Waals surface area contributed by atoms with Crippen molar-refractivity contribution < 1.29 is 58.3 Å². The normalized spacial score (nSPS) is 21.6. The van der Waals surface area contributed by atoms with E-state index in [1.54, 1.807) is 0 Å². The van der Waals surface area contributed by atoms with Gasteiger partial charge < -0.3 is 39.9 Å². The van der Waals surface area contributed by atoms with E-state index in [4.69, 9.17) is 18.5 Å². The van der Waals surface area contributed by atoms with E-state index in [2.05, 4.69) is 74.6 Å². The van der Waals surface area contributed by atoms with Crippen LogP contribution in [0.1, 0.15) is 219 Å². The second kappa shape index (κ2) is 44.9. The van der Waals surface area contributed by atoms with Crippen molar-refractivity contribution in [3.05, 3.63) is 60.8 Å². The van der Waals surface area contributed by atoms with Gasteiger partial charge >= 0.3 is 13.8 Å². The number of esters is 1. The molecule has 0 amide bonds. The molecule has 0 aromatic heterocycles. The van der Waals surface area contributed by atoms with Gasteiger partial charge in [0.1, 0.15) is 42.7 Å². The molecule has 1 aliphatic carbocycles. The molecule has 1 aliphatic rings. The zero-order valence-electron chi connectivity index (χ0n) is 42.6. The van der Waals surface area contributed by atoms with Crippen LogP contribution >= 0.6 is 7.82 Å². The SMILES string of the molecule is CC/C=C\C/C=C\C/C=C\C/C=C\C/C=C\CCCCCCCCOCC(COP(=O)(O)OC1C(O)C(O)C(O)C(O)C1O)OC(=O)CCCCCCCCCCCCCCCCCCCCC. The molecule has 0 aliphatic heterocycles. The Balaban J connectivity index is 2.33. The lowest BCUT2D eigenvalue weighted by atomic mass is 9.85. The predicted octanol–water partition coefficient (Wildman–Crippen LogP) is 12.5. The summed E-state index contributed by atoms with van der Waals surface area (Å²) < 4.78 is 34.3. The Morgan fingerprint density at radius 1 is 0.485 bits per heavy atom. The molecular formula is C55H99O12P. The van der Waals surface area contributed by atoms with Crippen LogP contribution in [0, 0.1) is 0 Å². The molecule has 1 fully saturated rings. The highest BCUT2D eigenvalue weighted by Gasteiger charge is 2.51. The third kappa shape index (κ3) is 36.0. The number of aliphatic hydroxyl groups excluding tert-OH is 5. The molecule has 6 atom stereocenters. The molecule has 0 aromatic rings. The summed E-state index contributed by atoms with van der Waals surface area (Å²) in [6, 6.07) is 0. The van der Waals surface area contributed by atoms with Crippen molar-refractivity contribution in [3.63, 3.8) is 0 Å². The van der Waals surface area contributed by atoms with Gasteiger partial charge in [-0.05, 0) is 57.8 Å². The second-order valence-corrected chi connectivity index (χ2v) is 20.1. The number of carbonyl (C=O) groups excluding carboxylic acids is 1. The standard InChI is InChI=1S/C55H99O12P/c1-3-5-7-9-11-13-15-17-19-21-23-24-25-27-29-31-33-35-37-39-41-43-45-64-46-48(47-65-68(62,63)67-55-53(60)51(58)50(57)52(59)54(55)61)66-49(56)44-42-40-38-36-34-32-30-28-26-22-20-18-16-14-12-10-8-6-4-2/h5,7,11,13,17,19,23-24,27,29,48,50-55,57-61H,3-4,6,8-10,12,14-16,18,20-22,25-26,28,30-47H2,1-2H3,(H,62,63)/b7-5-,13-11-,19-17-,24-23-,29-27-. The Bertz CT molecular complexity index is 1350. The third-order valence-corrected chi connectivity index (χ3v) is 13.4. The summed E-state index contributed by atoms with van der Waals surface area (Å²) >= 11 is 0. The maximum Gasteiger partial charge on any atom is 0.472 e. The van der Waals surface area contributed by atoms with Crippen LogP contribution in [0.25, 0.3) is 0 Å². The second-order valence-electron chi connectivity index (χ2n) is 18.7. The van der Waals surface area contributed by atoms with Gasteiger partial charge in [-0.2, -0.15) is 0 Å². The minimum absolute atomic E-state index is 0.0868. The van der Waals surface area contributed by atoms with Crippen LogP contribution in [-0.2, 0) is 27.9 Å². The molecule has 68 heavy (non-hydrogen) atoms. The van der Waals surface area contributed by atoms with Crippen molar-refractivity contribution in [2.45, 2.75) is 262 Å². The number of aliphatic hydroxyl groups is 5. The van der Waals surface area contributed by atoms with Gasteiger partial charge in [-0.1, -0.05) is 216 Å². The number of hydrogen-bond acceptors (Lipinski definition) is 11. The van der Waals surface area contributed by atoms with Crippen LogP contribution in [-0.4, -0.2) is 98.9 Å². The molecule has 6 N–H and O–H groups in total. The lowest BCUT2D eigenvalue weighted by Gasteiger charge is -2.41. The molecule has 6 unspecified atom stereocenters. The minimum Gasteiger partial charge on any atom is -0.457 e.